The summed E-state index contributed by atoms with van der Waals surface area (Å²) >= 11 is 0. The van der Waals surface area contributed by atoms with E-state index in [2.05, 4.69) is 10.2 Å². The highest BCUT2D eigenvalue weighted by molar-refractivity contribution is 5.85. The quantitative estimate of drug-likeness (QED) is 0.798. The highest BCUT2D eigenvalue weighted by Crippen LogP contribution is 2.19. The number of amides is 1. The van der Waals surface area contributed by atoms with Crippen molar-refractivity contribution in [3.63, 3.8) is 0 Å². The van der Waals surface area contributed by atoms with Gasteiger partial charge in [0.1, 0.15) is 6.04 Å². The fourth-order valence-corrected chi connectivity index (χ4v) is 3.40. The lowest BCUT2D eigenvalue weighted by molar-refractivity contribution is -0.141. The summed E-state index contributed by atoms with van der Waals surface area (Å²) in [6, 6.07) is 4.79. The van der Waals surface area contributed by atoms with E-state index in [0.29, 0.717) is 32.8 Å². The first-order chi connectivity index (χ1) is 12.1. The third kappa shape index (κ3) is 5.93. The Morgan fingerprint density at radius 1 is 1.30 bits per heavy atom. The van der Waals surface area contributed by atoms with Crippen molar-refractivity contribution in [3.8, 4) is 5.75 Å². The molecule has 0 radical (unpaired) electrons. The molecule has 2 saturated heterocycles. The molecule has 2 fully saturated rings. The number of rotatable bonds is 4. The van der Waals surface area contributed by atoms with Gasteiger partial charge in [0.05, 0.1) is 19.8 Å². The van der Waals surface area contributed by atoms with Gasteiger partial charge in [0.15, 0.2) is 11.6 Å². The van der Waals surface area contributed by atoms with Crippen LogP contribution in [0.25, 0.3) is 0 Å². The first-order valence-electron chi connectivity index (χ1n) is 8.77. The largest absolute Gasteiger partial charge is 0.494 e. The molecule has 154 valence electrons. The average molecular weight is 424 g/mol. The van der Waals surface area contributed by atoms with E-state index in [1.165, 1.54) is 13.2 Å². The second-order valence-corrected chi connectivity index (χ2v) is 6.58. The number of ether oxygens (including phenoxy) is 2. The number of halogens is 3. The van der Waals surface area contributed by atoms with Gasteiger partial charge in [0, 0.05) is 39.3 Å². The maximum absolute atomic E-state index is 13.8. The second-order valence-electron chi connectivity index (χ2n) is 6.58. The van der Waals surface area contributed by atoms with Gasteiger partial charge in [-0.25, -0.2) is 4.39 Å². The fraction of sp³-hybridized carbons (Fsp3) is 0.611. The van der Waals surface area contributed by atoms with Crippen LogP contribution in [-0.4, -0.2) is 74.3 Å². The summed E-state index contributed by atoms with van der Waals surface area (Å²) in [5, 5.41) is 3.25. The van der Waals surface area contributed by atoms with Gasteiger partial charge in [-0.15, -0.1) is 24.8 Å². The molecule has 0 saturated carbocycles. The van der Waals surface area contributed by atoms with Crippen molar-refractivity contribution in [2.45, 2.75) is 25.6 Å². The summed E-state index contributed by atoms with van der Waals surface area (Å²) in [5.41, 5.74) is 0.911. The summed E-state index contributed by atoms with van der Waals surface area (Å²) in [7, 11) is 1.46. The zero-order chi connectivity index (χ0) is 17.8. The normalized spacial score (nSPS) is 23.1. The minimum atomic E-state index is -0.342. The van der Waals surface area contributed by atoms with Crippen LogP contribution < -0.4 is 10.1 Å². The molecule has 27 heavy (non-hydrogen) atoms. The standard InChI is InChI=1S/C18H26FN3O3.2ClH/c1-13-17(20-5-10-25-13)18(23)22-8-6-21(7-9-22)12-14-3-4-16(24-2)15(19)11-14;;/h3-4,11,13,17,20H,5-10,12H2,1-2H3;2*1H/t13-,17+;;/m1../s1. The maximum Gasteiger partial charge on any atom is 0.242 e. The monoisotopic (exact) mass is 423 g/mol. The molecule has 0 spiro atoms. The van der Waals surface area contributed by atoms with Crippen LogP contribution in [0.3, 0.4) is 0 Å². The molecule has 0 unspecified atom stereocenters. The van der Waals surface area contributed by atoms with Gasteiger partial charge in [0.2, 0.25) is 5.91 Å². The molecular formula is C18H28Cl2FN3O3. The second kappa shape index (κ2) is 11.0. The number of piperazine rings is 1. The average Bonchev–Trinajstić information content (AvgIpc) is 2.62. The zero-order valence-electron chi connectivity index (χ0n) is 15.7. The minimum Gasteiger partial charge on any atom is -0.494 e. The van der Waals surface area contributed by atoms with Crippen LogP contribution in [0.2, 0.25) is 0 Å². The zero-order valence-corrected chi connectivity index (χ0v) is 17.3. The SMILES string of the molecule is COc1ccc(CN2CCN(C(=O)[C@H]3NCCO[C@@H]3C)CC2)cc1F.Cl.Cl. The summed E-state index contributed by atoms with van der Waals surface area (Å²) in [4.78, 5) is 16.8. The Labute approximate surface area is 172 Å². The Hall–Kier alpha value is -1.12. The summed E-state index contributed by atoms with van der Waals surface area (Å²) in [6.45, 7) is 6.89. The molecule has 9 heteroatoms. The maximum atomic E-state index is 13.8. The molecule has 2 aliphatic rings. The topological polar surface area (TPSA) is 54.0 Å². The van der Waals surface area contributed by atoms with Crippen molar-refractivity contribution in [2.24, 2.45) is 0 Å². The van der Waals surface area contributed by atoms with E-state index >= 15 is 0 Å². The van der Waals surface area contributed by atoms with Gasteiger partial charge in [0.25, 0.3) is 0 Å². The molecule has 2 heterocycles. The third-order valence-electron chi connectivity index (χ3n) is 4.89. The van der Waals surface area contributed by atoms with Crippen molar-refractivity contribution < 1.29 is 18.7 Å². The Bertz CT molecular complexity index is 616. The summed E-state index contributed by atoms with van der Waals surface area (Å²) in [6.07, 6.45) is -0.0958. The van der Waals surface area contributed by atoms with Crippen molar-refractivity contribution >= 4 is 30.7 Å². The number of nitrogens with zero attached hydrogens (tertiary/aromatic N) is 2. The number of methoxy groups -OCH3 is 1. The molecule has 3 rings (SSSR count). The summed E-state index contributed by atoms with van der Waals surface area (Å²) in [5.74, 6) is 0.0315. The highest BCUT2D eigenvalue weighted by Gasteiger charge is 2.33. The highest BCUT2D eigenvalue weighted by atomic mass is 35.5. The number of nitrogens with one attached hydrogen (secondary N) is 1. The molecule has 1 aromatic rings. The van der Waals surface area contributed by atoms with Gasteiger partial charge in [-0.1, -0.05) is 6.07 Å². The van der Waals surface area contributed by atoms with Gasteiger partial charge in [-0.2, -0.15) is 0 Å². The van der Waals surface area contributed by atoms with Crippen LogP contribution in [0.5, 0.6) is 5.75 Å². The van der Waals surface area contributed by atoms with Crippen molar-refractivity contribution in [2.75, 3.05) is 46.4 Å². The molecule has 0 bridgehead atoms. The van der Waals surface area contributed by atoms with Crippen molar-refractivity contribution in [1.82, 2.24) is 15.1 Å². The van der Waals surface area contributed by atoms with Gasteiger partial charge in [-0.05, 0) is 24.6 Å². The first-order valence-corrected chi connectivity index (χ1v) is 8.77. The van der Waals surface area contributed by atoms with Gasteiger partial charge < -0.3 is 19.7 Å². The molecule has 2 aliphatic heterocycles. The lowest BCUT2D eigenvalue weighted by Gasteiger charge is -2.38. The van der Waals surface area contributed by atoms with Crippen LogP contribution >= 0.6 is 24.8 Å². The molecule has 1 amide bonds. The Morgan fingerprint density at radius 2 is 2.00 bits per heavy atom. The van der Waals surface area contributed by atoms with E-state index < -0.39 is 0 Å². The van der Waals surface area contributed by atoms with E-state index in [-0.39, 0.29) is 54.4 Å². The van der Waals surface area contributed by atoms with E-state index in [1.807, 2.05) is 17.9 Å². The van der Waals surface area contributed by atoms with Gasteiger partial charge >= 0.3 is 0 Å². The van der Waals surface area contributed by atoms with Crippen LogP contribution in [0.15, 0.2) is 18.2 Å². The number of carbonyl (C=O) groups excluding carboxylic acids is 1. The predicted octanol–water partition coefficient (Wildman–Crippen LogP) is 1.70. The lowest BCUT2D eigenvalue weighted by atomic mass is 10.1. The predicted molar refractivity (Wildman–Crippen MR) is 107 cm³/mol. The number of carbonyl (C=O) groups is 1. The first kappa shape index (κ1) is 23.9. The van der Waals surface area contributed by atoms with E-state index in [1.54, 1.807) is 6.07 Å². The minimum absolute atomic E-state index is 0. The molecule has 6 nitrogen and oxygen atoms in total. The van der Waals surface area contributed by atoms with Crippen LogP contribution in [0.1, 0.15) is 12.5 Å². The number of benzene rings is 1. The number of hydrogen-bond acceptors (Lipinski definition) is 5. The molecular weight excluding hydrogens is 396 g/mol. The Balaban J connectivity index is 0.00000182. The summed E-state index contributed by atoms with van der Waals surface area (Å²) < 4.78 is 24.3. The lowest BCUT2D eigenvalue weighted by Crippen LogP contribution is -2.59. The smallest absolute Gasteiger partial charge is 0.242 e. The van der Waals surface area contributed by atoms with Crippen LogP contribution in [0, 0.1) is 5.82 Å². The van der Waals surface area contributed by atoms with Gasteiger partial charge in [-0.3, -0.25) is 9.69 Å². The molecule has 1 N–H and O–H groups in total. The molecule has 2 atom stereocenters. The Kier molecular flexibility index (Phi) is 9.76. The van der Waals surface area contributed by atoms with Crippen LogP contribution in [-0.2, 0) is 16.1 Å². The third-order valence-corrected chi connectivity index (χ3v) is 4.89. The van der Waals surface area contributed by atoms with E-state index in [0.717, 1.165) is 18.7 Å². The fourth-order valence-electron chi connectivity index (χ4n) is 3.40. The van der Waals surface area contributed by atoms with Crippen molar-refractivity contribution in [1.29, 1.82) is 0 Å². The Morgan fingerprint density at radius 3 is 2.59 bits per heavy atom. The molecule has 0 aliphatic carbocycles. The molecule has 0 aromatic heterocycles. The van der Waals surface area contributed by atoms with Crippen molar-refractivity contribution in [3.05, 3.63) is 29.6 Å². The number of hydrogen-bond donors (Lipinski definition) is 1. The van der Waals surface area contributed by atoms with E-state index in [4.69, 9.17) is 9.47 Å². The van der Waals surface area contributed by atoms with E-state index in [9.17, 15) is 9.18 Å². The number of morpholine rings is 1. The molecule has 1 aromatic carbocycles. The van der Waals surface area contributed by atoms with Crippen LogP contribution in [0.4, 0.5) is 4.39 Å².